The second-order valence-corrected chi connectivity index (χ2v) is 5.38. The number of rotatable bonds is 3. The van der Waals surface area contributed by atoms with Crippen molar-refractivity contribution in [3.8, 4) is 0 Å². The van der Waals surface area contributed by atoms with E-state index in [2.05, 4.69) is 21.8 Å². The molecule has 1 aromatic heterocycles. The zero-order valence-electron chi connectivity index (χ0n) is 11.4. The maximum Gasteiger partial charge on any atom is 0.229 e. The number of hydrogen-bond acceptors (Lipinski definition) is 4. The fraction of sp³-hybridized carbons (Fsp3) is 0.643. The molecular formula is C14H20N4O. The number of hydrogen-bond donors (Lipinski definition) is 0. The van der Waals surface area contributed by atoms with Gasteiger partial charge in [-0.05, 0) is 24.8 Å². The predicted octanol–water partition coefficient (Wildman–Crippen LogP) is 1.10. The number of likely N-dealkylation sites (tertiary alicyclic amines) is 1. The van der Waals surface area contributed by atoms with E-state index >= 15 is 0 Å². The smallest absolute Gasteiger partial charge is 0.229 e. The molecule has 2 aliphatic rings. The van der Waals surface area contributed by atoms with E-state index in [-0.39, 0.29) is 5.92 Å². The first kappa shape index (κ1) is 12.4. The third-order valence-corrected chi connectivity index (χ3v) is 4.03. The van der Waals surface area contributed by atoms with Gasteiger partial charge in [-0.3, -0.25) is 4.79 Å². The lowest BCUT2D eigenvalue weighted by atomic mass is 9.99. The molecular weight excluding hydrogens is 240 g/mol. The third-order valence-electron chi connectivity index (χ3n) is 4.03. The zero-order valence-corrected chi connectivity index (χ0v) is 11.4. The molecule has 0 spiro atoms. The Labute approximate surface area is 113 Å². The summed E-state index contributed by atoms with van der Waals surface area (Å²) in [6.07, 6.45) is 7.01. The van der Waals surface area contributed by atoms with Gasteiger partial charge in [0, 0.05) is 38.6 Å². The van der Waals surface area contributed by atoms with Gasteiger partial charge in [-0.25, -0.2) is 9.97 Å². The molecule has 1 amide bonds. The molecule has 0 aromatic carbocycles. The Morgan fingerprint density at radius 2 is 1.89 bits per heavy atom. The summed E-state index contributed by atoms with van der Waals surface area (Å²) in [5.74, 6) is 1.22. The summed E-state index contributed by atoms with van der Waals surface area (Å²) >= 11 is 0. The van der Waals surface area contributed by atoms with Crippen molar-refractivity contribution in [1.29, 1.82) is 0 Å². The summed E-state index contributed by atoms with van der Waals surface area (Å²) in [7, 11) is 0. The zero-order chi connectivity index (χ0) is 13.2. The Morgan fingerprint density at radius 3 is 2.47 bits per heavy atom. The van der Waals surface area contributed by atoms with E-state index in [9.17, 15) is 4.79 Å². The minimum atomic E-state index is 0.146. The van der Waals surface area contributed by atoms with Crippen LogP contribution in [0.2, 0.25) is 0 Å². The van der Waals surface area contributed by atoms with E-state index < -0.39 is 0 Å². The first-order valence-electron chi connectivity index (χ1n) is 7.12. The minimum absolute atomic E-state index is 0.146. The molecule has 0 unspecified atom stereocenters. The fourth-order valence-corrected chi connectivity index (χ4v) is 2.69. The van der Waals surface area contributed by atoms with Gasteiger partial charge in [0.25, 0.3) is 0 Å². The van der Waals surface area contributed by atoms with Crippen molar-refractivity contribution in [3.63, 3.8) is 0 Å². The van der Waals surface area contributed by atoms with Crippen molar-refractivity contribution in [2.24, 2.45) is 5.92 Å². The fourth-order valence-electron chi connectivity index (χ4n) is 2.69. The van der Waals surface area contributed by atoms with Crippen molar-refractivity contribution in [1.82, 2.24) is 14.9 Å². The largest absolute Gasteiger partial charge is 0.342 e. The van der Waals surface area contributed by atoms with Crippen LogP contribution in [-0.4, -0.2) is 47.0 Å². The van der Waals surface area contributed by atoms with E-state index in [1.165, 1.54) is 0 Å². The number of carbonyl (C=O) groups excluding carboxylic acids is 1. The Bertz CT molecular complexity index is 447. The lowest BCUT2D eigenvalue weighted by molar-refractivity contribution is -0.135. The lowest BCUT2D eigenvalue weighted by Crippen LogP contribution is -2.54. The average Bonchev–Trinajstić information content (AvgIpc) is 2.91. The summed E-state index contributed by atoms with van der Waals surface area (Å²) in [4.78, 5) is 25.0. The highest BCUT2D eigenvalue weighted by Crippen LogP contribution is 2.24. The molecule has 2 fully saturated rings. The van der Waals surface area contributed by atoms with Crippen LogP contribution >= 0.6 is 0 Å². The highest BCUT2D eigenvalue weighted by Gasteiger charge is 2.37. The van der Waals surface area contributed by atoms with Crippen LogP contribution in [0.1, 0.15) is 25.3 Å². The van der Waals surface area contributed by atoms with Crippen LogP contribution < -0.4 is 4.90 Å². The molecule has 0 bridgehead atoms. The molecule has 19 heavy (non-hydrogen) atoms. The van der Waals surface area contributed by atoms with Crippen LogP contribution in [0.15, 0.2) is 12.4 Å². The number of aryl methyl sites for hydroxylation is 1. The molecule has 0 aliphatic carbocycles. The molecule has 2 aliphatic heterocycles. The molecule has 0 saturated carbocycles. The number of anilines is 1. The van der Waals surface area contributed by atoms with Gasteiger partial charge in [0.05, 0.1) is 5.92 Å². The van der Waals surface area contributed by atoms with Crippen LogP contribution in [0.25, 0.3) is 0 Å². The number of carbonyl (C=O) groups is 1. The second-order valence-electron chi connectivity index (χ2n) is 5.38. The highest BCUT2D eigenvalue weighted by atomic mass is 16.2. The molecule has 3 heterocycles. The Balaban J connectivity index is 1.55. The van der Waals surface area contributed by atoms with Gasteiger partial charge in [-0.2, -0.15) is 0 Å². The average molecular weight is 260 g/mol. The minimum Gasteiger partial charge on any atom is -0.342 e. The molecule has 0 radical (unpaired) electrons. The predicted molar refractivity (Wildman–Crippen MR) is 72.9 cm³/mol. The van der Waals surface area contributed by atoms with Crippen LogP contribution in [0.4, 0.5) is 5.95 Å². The van der Waals surface area contributed by atoms with Crippen LogP contribution in [0, 0.1) is 5.92 Å². The van der Waals surface area contributed by atoms with Gasteiger partial charge in [0.2, 0.25) is 11.9 Å². The summed E-state index contributed by atoms with van der Waals surface area (Å²) in [5, 5.41) is 0. The molecule has 0 atom stereocenters. The van der Waals surface area contributed by atoms with Crippen molar-refractivity contribution in [3.05, 3.63) is 18.0 Å². The van der Waals surface area contributed by atoms with Crippen LogP contribution in [-0.2, 0) is 11.2 Å². The van der Waals surface area contributed by atoms with Crippen molar-refractivity contribution in [2.75, 3.05) is 31.1 Å². The van der Waals surface area contributed by atoms with Crippen molar-refractivity contribution >= 4 is 11.9 Å². The van der Waals surface area contributed by atoms with E-state index in [0.29, 0.717) is 5.91 Å². The van der Waals surface area contributed by atoms with Crippen molar-refractivity contribution < 1.29 is 4.79 Å². The second kappa shape index (κ2) is 5.15. The Kier molecular flexibility index (Phi) is 3.36. The van der Waals surface area contributed by atoms with E-state index in [1.807, 2.05) is 17.3 Å². The van der Waals surface area contributed by atoms with Gasteiger partial charge in [0.1, 0.15) is 0 Å². The Morgan fingerprint density at radius 1 is 1.26 bits per heavy atom. The number of nitrogens with zero attached hydrogens (tertiary/aromatic N) is 4. The van der Waals surface area contributed by atoms with Crippen LogP contribution in [0.5, 0.6) is 0 Å². The van der Waals surface area contributed by atoms with Crippen molar-refractivity contribution in [2.45, 2.75) is 26.2 Å². The van der Waals surface area contributed by atoms with Crippen LogP contribution in [0.3, 0.4) is 0 Å². The maximum atomic E-state index is 12.2. The number of aromatic nitrogens is 2. The van der Waals surface area contributed by atoms with E-state index in [4.69, 9.17) is 0 Å². The monoisotopic (exact) mass is 260 g/mol. The first-order valence-corrected chi connectivity index (χ1v) is 7.12. The van der Waals surface area contributed by atoms with E-state index in [1.54, 1.807) is 0 Å². The molecule has 0 N–H and O–H groups in total. The summed E-state index contributed by atoms with van der Waals surface area (Å²) in [5.41, 5.74) is 1.15. The topological polar surface area (TPSA) is 49.3 Å². The van der Waals surface area contributed by atoms with E-state index in [0.717, 1.165) is 57.0 Å². The Hall–Kier alpha value is -1.65. The molecule has 5 nitrogen and oxygen atoms in total. The van der Waals surface area contributed by atoms with Gasteiger partial charge in [-0.1, -0.05) is 6.92 Å². The number of amides is 1. The van der Waals surface area contributed by atoms with Gasteiger partial charge >= 0.3 is 0 Å². The molecule has 102 valence electrons. The van der Waals surface area contributed by atoms with Gasteiger partial charge < -0.3 is 9.80 Å². The third kappa shape index (κ3) is 2.41. The molecule has 5 heteroatoms. The molecule has 1 aromatic rings. The van der Waals surface area contributed by atoms with Gasteiger partial charge in [-0.15, -0.1) is 0 Å². The summed E-state index contributed by atoms with van der Waals surface area (Å²) in [6.45, 7) is 5.50. The highest BCUT2D eigenvalue weighted by molar-refractivity contribution is 5.82. The SMILES string of the molecule is CCc1cnc(N2CC(C(=O)N3CCCC3)C2)nc1. The van der Waals surface area contributed by atoms with Gasteiger partial charge in [0.15, 0.2) is 0 Å². The lowest BCUT2D eigenvalue weighted by Gasteiger charge is -2.39. The first-order chi connectivity index (χ1) is 9.28. The summed E-state index contributed by atoms with van der Waals surface area (Å²) < 4.78 is 0. The quantitative estimate of drug-likeness (QED) is 0.816. The standard InChI is InChI=1S/C14H20N4O/c1-2-11-7-15-14(16-8-11)18-9-12(10-18)13(19)17-5-3-4-6-17/h7-8,12H,2-6,9-10H2,1H3. The normalized spacial score (nSPS) is 19.6. The maximum absolute atomic E-state index is 12.2. The molecule has 3 rings (SSSR count). The molecule has 2 saturated heterocycles. The summed E-state index contributed by atoms with van der Waals surface area (Å²) in [6, 6.07) is 0.